The Labute approximate surface area is 101 Å². The highest BCUT2D eigenvalue weighted by Crippen LogP contribution is 2.14. The lowest BCUT2D eigenvalue weighted by Gasteiger charge is -2.32. The lowest BCUT2D eigenvalue weighted by molar-refractivity contribution is 0.206. The minimum atomic E-state index is -3.42. The number of nitrogens with zero attached hydrogens (tertiary/aromatic N) is 3. The van der Waals surface area contributed by atoms with Crippen molar-refractivity contribution in [3.63, 3.8) is 0 Å². The quantitative estimate of drug-likeness (QED) is 0.728. The molecule has 0 unspecified atom stereocenters. The Morgan fingerprint density at radius 2 is 2.12 bits per heavy atom. The molecule has 1 aromatic heterocycles. The van der Waals surface area contributed by atoms with Gasteiger partial charge in [0.1, 0.15) is 0 Å². The number of sulfonamides is 1. The standard InChI is InChI=1S/C10H14N4O2S/c1-2-3-13-4-6-14(7-5-13)17(15,16)10-8-11-9-12-10/h1,8-9H,3-7H2,(H,11,12). The molecule has 1 saturated heterocycles. The molecule has 1 aromatic rings. The minimum Gasteiger partial charge on any atom is -0.335 e. The van der Waals surface area contributed by atoms with Crippen molar-refractivity contribution < 1.29 is 8.42 Å². The van der Waals surface area contributed by atoms with Gasteiger partial charge >= 0.3 is 0 Å². The molecule has 0 bridgehead atoms. The van der Waals surface area contributed by atoms with Crippen LogP contribution in [0.3, 0.4) is 0 Å². The summed E-state index contributed by atoms with van der Waals surface area (Å²) >= 11 is 0. The molecule has 0 radical (unpaired) electrons. The summed E-state index contributed by atoms with van der Waals surface area (Å²) in [7, 11) is -3.42. The predicted octanol–water partition coefficient (Wildman–Crippen LogP) is -0.651. The summed E-state index contributed by atoms with van der Waals surface area (Å²) in [5, 5.41) is 0.142. The molecule has 17 heavy (non-hydrogen) atoms. The molecule has 7 heteroatoms. The van der Waals surface area contributed by atoms with E-state index in [2.05, 4.69) is 20.8 Å². The number of nitrogens with one attached hydrogen (secondary N) is 1. The number of piperazine rings is 1. The summed E-state index contributed by atoms with van der Waals surface area (Å²) in [6.07, 6.45) is 7.91. The number of aromatic nitrogens is 2. The number of hydrogen-bond acceptors (Lipinski definition) is 4. The van der Waals surface area contributed by atoms with Crippen molar-refractivity contribution in [2.45, 2.75) is 5.03 Å². The molecule has 1 aliphatic heterocycles. The molecular weight excluding hydrogens is 240 g/mol. The SMILES string of the molecule is C#CCN1CCN(S(=O)(=O)c2cnc[nH]2)CC1. The molecule has 1 N–H and O–H groups in total. The molecule has 2 rings (SSSR count). The number of hydrogen-bond donors (Lipinski definition) is 1. The molecule has 0 amide bonds. The van der Waals surface area contributed by atoms with E-state index in [4.69, 9.17) is 6.42 Å². The average Bonchev–Trinajstić information content (AvgIpc) is 2.84. The Kier molecular flexibility index (Phi) is 3.47. The topological polar surface area (TPSA) is 69.3 Å². The molecule has 0 aromatic carbocycles. The van der Waals surface area contributed by atoms with Gasteiger partial charge < -0.3 is 4.98 Å². The van der Waals surface area contributed by atoms with Crippen molar-refractivity contribution in [2.24, 2.45) is 0 Å². The third-order valence-corrected chi connectivity index (χ3v) is 4.56. The van der Waals surface area contributed by atoms with E-state index in [9.17, 15) is 8.42 Å². The lowest BCUT2D eigenvalue weighted by atomic mass is 10.4. The minimum absolute atomic E-state index is 0.142. The van der Waals surface area contributed by atoms with Crippen LogP contribution in [0.5, 0.6) is 0 Å². The highest BCUT2D eigenvalue weighted by atomic mass is 32.2. The van der Waals surface area contributed by atoms with E-state index in [1.807, 2.05) is 0 Å². The van der Waals surface area contributed by atoms with Gasteiger partial charge in [-0.25, -0.2) is 13.4 Å². The fourth-order valence-corrected chi connectivity index (χ4v) is 3.10. The van der Waals surface area contributed by atoms with Crippen molar-refractivity contribution in [3.05, 3.63) is 12.5 Å². The van der Waals surface area contributed by atoms with Crippen LogP contribution in [-0.4, -0.2) is 60.3 Å². The molecule has 1 aliphatic rings. The summed E-state index contributed by atoms with van der Waals surface area (Å²) < 4.78 is 25.7. The molecule has 92 valence electrons. The van der Waals surface area contributed by atoms with Gasteiger partial charge in [0.15, 0.2) is 5.03 Å². The largest absolute Gasteiger partial charge is 0.335 e. The fraction of sp³-hybridized carbons (Fsp3) is 0.500. The third kappa shape index (κ3) is 2.49. The van der Waals surface area contributed by atoms with Gasteiger partial charge in [0.25, 0.3) is 10.0 Å². The van der Waals surface area contributed by atoms with Gasteiger partial charge in [0.2, 0.25) is 0 Å². The fourth-order valence-electron chi connectivity index (χ4n) is 1.78. The Morgan fingerprint density at radius 3 is 2.65 bits per heavy atom. The van der Waals surface area contributed by atoms with Crippen LogP contribution in [0.1, 0.15) is 0 Å². The molecule has 0 aliphatic carbocycles. The van der Waals surface area contributed by atoms with E-state index in [-0.39, 0.29) is 5.03 Å². The van der Waals surface area contributed by atoms with Gasteiger partial charge in [-0.3, -0.25) is 4.90 Å². The Bertz CT molecular complexity index is 495. The van der Waals surface area contributed by atoms with Gasteiger partial charge in [-0.2, -0.15) is 4.31 Å². The van der Waals surface area contributed by atoms with Crippen molar-refractivity contribution in [2.75, 3.05) is 32.7 Å². The summed E-state index contributed by atoms with van der Waals surface area (Å²) in [4.78, 5) is 8.41. The zero-order valence-electron chi connectivity index (χ0n) is 9.33. The van der Waals surface area contributed by atoms with Crippen molar-refractivity contribution in [1.29, 1.82) is 0 Å². The number of H-pyrrole nitrogens is 1. The van der Waals surface area contributed by atoms with Crippen LogP contribution < -0.4 is 0 Å². The zero-order valence-corrected chi connectivity index (χ0v) is 10.2. The first kappa shape index (κ1) is 12.1. The van der Waals surface area contributed by atoms with Crippen LogP contribution in [0, 0.1) is 12.3 Å². The van der Waals surface area contributed by atoms with Crippen LogP contribution in [0.2, 0.25) is 0 Å². The van der Waals surface area contributed by atoms with Crippen molar-refractivity contribution in [3.8, 4) is 12.3 Å². The van der Waals surface area contributed by atoms with Gasteiger partial charge in [-0.15, -0.1) is 6.42 Å². The third-order valence-electron chi connectivity index (χ3n) is 2.74. The van der Waals surface area contributed by atoms with E-state index < -0.39 is 10.0 Å². The van der Waals surface area contributed by atoms with Crippen molar-refractivity contribution in [1.82, 2.24) is 19.2 Å². The Morgan fingerprint density at radius 1 is 1.41 bits per heavy atom. The van der Waals surface area contributed by atoms with Crippen LogP contribution in [0.25, 0.3) is 0 Å². The molecule has 0 spiro atoms. The highest BCUT2D eigenvalue weighted by molar-refractivity contribution is 7.89. The second kappa shape index (κ2) is 4.87. The lowest BCUT2D eigenvalue weighted by Crippen LogP contribution is -2.48. The second-order valence-corrected chi connectivity index (χ2v) is 5.71. The number of terminal acetylenes is 1. The van der Waals surface area contributed by atoms with Gasteiger partial charge in [-0.05, 0) is 0 Å². The van der Waals surface area contributed by atoms with Crippen LogP contribution in [-0.2, 0) is 10.0 Å². The molecule has 6 nitrogen and oxygen atoms in total. The molecule has 0 saturated carbocycles. The van der Waals surface area contributed by atoms with Crippen LogP contribution in [0.4, 0.5) is 0 Å². The van der Waals surface area contributed by atoms with Crippen LogP contribution in [0.15, 0.2) is 17.6 Å². The van der Waals surface area contributed by atoms with Crippen molar-refractivity contribution >= 4 is 10.0 Å². The highest BCUT2D eigenvalue weighted by Gasteiger charge is 2.28. The zero-order chi connectivity index (χ0) is 12.3. The molecule has 1 fully saturated rings. The van der Waals surface area contributed by atoms with E-state index in [1.54, 1.807) is 0 Å². The van der Waals surface area contributed by atoms with E-state index in [0.29, 0.717) is 32.7 Å². The first-order valence-corrected chi connectivity index (χ1v) is 6.73. The first-order valence-electron chi connectivity index (χ1n) is 5.29. The first-order chi connectivity index (χ1) is 8.14. The number of aromatic amines is 1. The number of rotatable bonds is 3. The molecule has 2 heterocycles. The summed E-state index contributed by atoms with van der Waals surface area (Å²) in [5.41, 5.74) is 0. The van der Waals surface area contributed by atoms with Gasteiger partial charge in [0, 0.05) is 26.2 Å². The summed E-state index contributed by atoms with van der Waals surface area (Å²) in [5.74, 6) is 2.56. The molecule has 0 atom stereocenters. The van der Waals surface area contributed by atoms with Crippen LogP contribution >= 0.6 is 0 Å². The second-order valence-electron chi connectivity index (χ2n) is 3.80. The average molecular weight is 254 g/mol. The number of imidazole rings is 1. The maximum absolute atomic E-state index is 12.1. The van der Waals surface area contributed by atoms with E-state index >= 15 is 0 Å². The monoisotopic (exact) mass is 254 g/mol. The van der Waals surface area contributed by atoms with E-state index in [0.717, 1.165) is 0 Å². The summed E-state index contributed by atoms with van der Waals surface area (Å²) in [6.45, 7) is 2.82. The Balaban J connectivity index is 2.04. The Hall–Kier alpha value is -1.36. The summed E-state index contributed by atoms with van der Waals surface area (Å²) in [6, 6.07) is 0. The maximum atomic E-state index is 12.1. The normalized spacial score (nSPS) is 19.0. The maximum Gasteiger partial charge on any atom is 0.260 e. The van der Waals surface area contributed by atoms with Gasteiger partial charge in [0.05, 0.1) is 19.1 Å². The smallest absolute Gasteiger partial charge is 0.260 e. The predicted molar refractivity (Wildman–Crippen MR) is 62.6 cm³/mol. The van der Waals surface area contributed by atoms with E-state index in [1.165, 1.54) is 16.8 Å². The van der Waals surface area contributed by atoms with Gasteiger partial charge in [-0.1, -0.05) is 5.92 Å². The molecular formula is C10H14N4O2S.